The van der Waals surface area contributed by atoms with E-state index in [1.807, 2.05) is 0 Å². The van der Waals surface area contributed by atoms with Crippen LogP contribution in [0.4, 0.5) is 5.69 Å². The second-order valence-corrected chi connectivity index (χ2v) is 6.98. The molecule has 116 valence electrons. The van der Waals surface area contributed by atoms with Gasteiger partial charge in [0, 0.05) is 21.3 Å². The fourth-order valence-electron chi connectivity index (χ4n) is 1.76. The molecule has 0 saturated carbocycles. The largest absolute Gasteiger partial charge is 0.478 e. The molecule has 0 aliphatic rings. The lowest BCUT2D eigenvalue weighted by Crippen LogP contribution is -2.15. The zero-order valence-corrected chi connectivity index (χ0v) is 13.4. The number of halogens is 2. The van der Waals surface area contributed by atoms with Crippen LogP contribution in [0.1, 0.15) is 15.9 Å². The molecular weight excluding hydrogens is 349 g/mol. The number of rotatable bonds is 5. The zero-order chi connectivity index (χ0) is 16.3. The molecule has 0 atom stereocenters. The first-order valence-corrected chi connectivity index (χ1v) is 8.46. The maximum atomic E-state index is 12.1. The molecule has 0 amide bonds. The van der Waals surface area contributed by atoms with E-state index >= 15 is 0 Å². The van der Waals surface area contributed by atoms with Crippen LogP contribution in [0.15, 0.2) is 42.5 Å². The van der Waals surface area contributed by atoms with Crippen molar-refractivity contribution in [2.45, 2.75) is 5.75 Å². The SMILES string of the molecule is O=C(O)c1ccc(NS(=O)(=O)Cc2c(Cl)cccc2Cl)cc1. The van der Waals surface area contributed by atoms with E-state index in [2.05, 4.69) is 4.72 Å². The molecule has 0 bridgehead atoms. The first kappa shape index (κ1) is 16.6. The lowest BCUT2D eigenvalue weighted by atomic mass is 10.2. The number of benzene rings is 2. The maximum Gasteiger partial charge on any atom is 0.335 e. The van der Waals surface area contributed by atoms with Crippen molar-refractivity contribution < 1.29 is 18.3 Å². The fourth-order valence-corrected chi connectivity index (χ4v) is 3.70. The van der Waals surface area contributed by atoms with Crippen molar-refractivity contribution in [1.82, 2.24) is 0 Å². The van der Waals surface area contributed by atoms with Gasteiger partial charge in [-0.2, -0.15) is 0 Å². The van der Waals surface area contributed by atoms with E-state index in [4.69, 9.17) is 28.3 Å². The van der Waals surface area contributed by atoms with Crippen LogP contribution in [-0.4, -0.2) is 19.5 Å². The molecule has 2 aromatic rings. The minimum atomic E-state index is -3.73. The highest BCUT2D eigenvalue weighted by atomic mass is 35.5. The molecule has 2 N–H and O–H groups in total. The van der Waals surface area contributed by atoms with Gasteiger partial charge in [-0.1, -0.05) is 29.3 Å². The summed E-state index contributed by atoms with van der Waals surface area (Å²) in [4.78, 5) is 10.7. The number of aromatic carboxylic acids is 1. The van der Waals surface area contributed by atoms with Crippen molar-refractivity contribution in [1.29, 1.82) is 0 Å². The first-order valence-electron chi connectivity index (χ1n) is 6.05. The molecule has 0 aliphatic heterocycles. The molecular formula is C14H11Cl2NO4S. The molecule has 0 spiro atoms. The molecule has 0 unspecified atom stereocenters. The molecule has 0 aliphatic carbocycles. The number of hydrogen-bond donors (Lipinski definition) is 2. The normalized spacial score (nSPS) is 11.2. The number of carboxylic acids is 1. The van der Waals surface area contributed by atoms with Crippen LogP contribution in [0.5, 0.6) is 0 Å². The Kier molecular flexibility index (Phi) is 4.95. The quantitative estimate of drug-likeness (QED) is 0.853. The van der Waals surface area contributed by atoms with Gasteiger partial charge in [-0.15, -0.1) is 0 Å². The highest BCUT2D eigenvalue weighted by Crippen LogP contribution is 2.26. The van der Waals surface area contributed by atoms with E-state index in [0.29, 0.717) is 5.56 Å². The lowest BCUT2D eigenvalue weighted by molar-refractivity contribution is 0.0697. The van der Waals surface area contributed by atoms with Gasteiger partial charge in [-0.3, -0.25) is 4.72 Å². The Morgan fingerprint density at radius 3 is 2.09 bits per heavy atom. The number of hydrogen-bond acceptors (Lipinski definition) is 3. The van der Waals surface area contributed by atoms with Gasteiger partial charge in [0.25, 0.3) is 0 Å². The maximum absolute atomic E-state index is 12.1. The van der Waals surface area contributed by atoms with Crippen LogP contribution >= 0.6 is 23.2 Å². The Morgan fingerprint density at radius 2 is 1.59 bits per heavy atom. The summed E-state index contributed by atoms with van der Waals surface area (Å²) in [7, 11) is -3.73. The minimum Gasteiger partial charge on any atom is -0.478 e. The molecule has 22 heavy (non-hydrogen) atoms. The second kappa shape index (κ2) is 6.56. The van der Waals surface area contributed by atoms with E-state index in [1.165, 1.54) is 24.3 Å². The number of sulfonamides is 1. The number of anilines is 1. The highest BCUT2D eigenvalue weighted by Gasteiger charge is 2.17. The molecule has 0 aromatic heterocycles. The van der Waals surface area contributed by atoms with Crippen molar-refractivity contribution in [3.05, 3.63) is 63.6 Å². The van der Waals surface area contributed by atoms with Crippen molar-refractivity contribution in [2.75, 3.05) is 4.72 Å². The van der Waals surface area contributed by atoms with Gasteiger partial charge in [0.05, 0.1) is 11.3 Å². The summed E-state index contributed by atoms with van der Waals surface area (Å²) in [6.45, 7) is 0. The van der Waals surface area contributed by atoms with Crippen LogP contribution in [0.2, 0.25) is 10.0 Å². The molecule has 0 heterocycles. The summed E-state index contributed by atoms with van der Waals surface area (Å²) in [5.74, 6) is -1.47. The summed E-state index contributed by atoms with van der Waals surface area (Å²) in [5.41, 5.74) is 0.630. The smallest absolute Gasteiger partial charge is 0.335 e. The molecule has 2 aromatic carbocycles. The van der Waals surface area contributed by atoms with Gasteiger partial charge in [-0.25, -0.2) is 13.2 Å². The van der Waals surface area contributed by atoms with Crippen LogP contribution in [0.3, 0.4) is 0 Å². The van der Waals surface area contributed by atoms with E-state index in [1.54, 1.807) is 18.2 Å². The standard InChI is InChI=1S/C14H11Cl2NO4S/c15-12-2-1-3-13(16)11(12)8-22(20,21)17-10-6-4-9(5-7-10)14(18)19/h1-7,17H,8H2,(H,18,19). The average Bonchev–Trinajstić information content (AvgIpc) is 2.43. The molecule has 8 heteroatoms. The fraction of sp³-hybridized carbons (Fsp3) is 0.0714. The van der Waals surface area contributed by atoms with E-state index in [0.717, 1.165) is 0 Å². The number of carboxylic acid groups (broad SMARTS) is 1. The molecule has 0 saturated heterocycles. The second-order valence-electron chi connectivity index (χ2n) is 4.44. The van der Waals surface area contributed by atoms with Gasteiger partial charge >= 0.3 is 5.97 Å². The predicted octanol–water partition coefficient (Wildman–Crippen LogP) is 3.63. The minimum absolute atomic E-state index is 0.0668. The van der Waals surface area contributed by atoms with Gasteiger partial charge in [0.2, 0.25) is 10.0 Å². The molecule has 2 rings (SSSR count). The summed E-state index contributed by atoms with van der Waals surface area (Å²) in [6.07, 6.45) is 0. The summed E-state index contributed by atoms with van der Waals surface area (Å²) < 4.78 is 26.6. The van der Waals surface area contributed by atoms with Gasteiger partial charge in [0.1, 0.15) is 0 Å². The Morgan fingerprint density at radius 1 is 1.05 bits per heavy atom. The van der Waals surface area contributed by atoms with Crippen molar-refractivity contribution in [3.63, 3.8) is 0 Å². The topological polar surface area (TPSA) is 83.5 Å². The summed E-state index contributed by atoms with van der Waals surface area (Å²) in [5, 5.41) is 9.32. The average molecular weight is 360 g/mol. The highest BCUT2D eigenvalue weighted by molar-refractivity contribution is 7.91. The van der Waals surface area contributed by atoms with Gasteiger partial charge in [-0.05, 0) is 36.4 Å². The third kappa shape index (κ3) is 4.13. The predicted molar refractivity (Wildman–Crippen MR) is 86.1 cm³/mol. The first-order chi connectivity index (χ1) is 10.3. The van der Waals surface area contributed by atoms with Gasteiger partial charge < -0.3 is 5.11 Å². The van der Waals surface area contributed by atoms with Crippen LogP contribution in [0, 0.1) is 0 Å². The van der Waals surface area contributed by atoms with E-state index in [-0.39, 0.29) is 27.0 Å². The van der Waals surface area contributed by atoms with E-state index < -0.39 is 16.0 Å². The van der Waals surface area contributed by atoms with Crippen LogP contribution < -0.4 is 4.72 Å². The Hall–Kier alpha value is -1.76. The summed E-state index contributed by atoms with van der Waals surface area (Å²) in [6, 6.07) is 10.1. The van der Waals surface area contributed by atoms with Gasteiger partial charge in [0.15, 0.2) is 0 Å². The monoisotopic (exact) mass is 359 g/mol. The third-order valence-corrected chi connectivity index (χ3v) is 4.72. The summed E-state index contributed by atoms with van der Waals surface area (Å²) >= 11 is 11.9. The van der Waals surface area contributed by atoms with Crippen molar-refractivity contribution in [3.8, 4) is 0 Å². The third-order valence-electron chi connectivity index (χ3n) is 2.80. The number of nitrogens with one attached hydrogen (secondary N) is 1. The zero-order valence-electron chi connectivity index (χ0n) is 11.1. The Balaban J connectivity index is 2.19. The van der Waals surface area contributed by atoms with Crippen molar-refractivity contribution in [2.24, 2.45) is 0 Å². The van der Waals surface area contributed by atoms with Crippen LogP contribution in [0.25, 0.3) is 0 Å². The van der Waals surface area contributed by atoms with Crippen LogP contribution in [-0.2, 0) is 15.8 Å². The van der Waals surface area contributed by atoms with Crippen molar-refractivity contribution >= 4 is 44.9 Å². The number of carbonyl (C=O) groups is 1. The lowest BCUT2D eigenvalue weighted by Gasteiger charge is -2.10. The Labute approximate surface area is 137 Å². The molecule has 0 radical (unpaired) electrons. The molecule has 5 nitrogen and oxygen atoms in total. The Bertz CT molecular complexity index is 784. The van der Waals surface area contributed by atoms with E-state index in [9.17, 15) is 13.2 Å². The molecule has 0 fully saturated rings.